The van der Waals surface area contributed by atoms with Crippen LogP contribution in [-0.4, -0.2) is 64.2 Å². The van der Waals surface area contributed by atoms with Gasteiger partial charge in [-0.3, -0.25) is 14.3 Å². The van der Waals surface area contributed by atoms with Gasteiger partial charge in [0.25, 0.3) is 11.8 Å². The molecule has 7 heteroatoms. The van der Waals surface area contributed by atoms with Crippen molar-refractivity contribution in [3.05, 3.63) is 83.7 Å². The molecule has 184 valence electrons. The van der Waals surface area contributed by atoms with E-state index in [1.54, 1.807) is 28.9 Å². The first kappa shape index (κ1) is 24.5. The van der Waals surface area contributed by atoms with E-state index in [9.17, 15) is 9.59 Å². The maximum Gasteiger partial charge on any atom is 0.272 e. The number of aromatic nitrogens is 2. The molecule has 0 radical (unpaired) electrons. The Bertz CT molecular complexity index is 1130. The summed E-state index contributed by atoms with van der Waals surface area (Å²) in [5.41, 5.74) is 2.24. The topological polar surface area (TPSA) is 67.7 Å². The van der Waals surface area contributed by atoms with E-state index in [0.29, 0.717) is 36.5 Å². The number of ether oxygens (including phenoxy) is 1. The summed E-state index contributed by atoms with van der Waals surface area (Å²) in [6.45, 7) is 1.62. The highest BCUT2D eigenvalue weighted by molar-refractivity contribution is 5.96. The largest absolute Gasteiger partial charge is 0.491 e. The van der Waals surface area contributed by atoms with Gasteiger partial charge in [-0.25, -0.2) is 0 Å². The number of nitrogens with zero attached hydrogens (tertiary/aromatic N) is 4. The summed E-state index contributed by atoms with van der Waals surface area (Å²) < 4.78 is 7.92. The molecule has 1 atom stereocenters. The van der Waals surface area contributed by atoms with Crippen LogP contribution in [0.2, 0.25) is 0 Å². The molecule has 1 aromatic heterocycles. The second kappa shape index (κ2) is 11.7. The third kappa shape index (κ3) is 6.10. The van der Waals surface area contributed by atoms with Crippen LogP contribution < -0.4 is 4.74 Å². The lowest BCUT2D eigenvalue weighted by atomic mass is 10.0. The Morgan fingerprint density at radius 3 is 2.40 bits per heavy atom. The Hall–Kier alpha value is -3.61. The number of aryl methyl sites for hydroxylation is 1. The predicted octanol–water partition coefficient (Wildman–Crippen LogP) is 4.20. The molecule has 1 aliphatic rings. The minimum Gasteiger partial charge on any atom is -0.491 e. The van der Waals surface area contributed by atoms with Crippen LogP contribution in [-0.2, 0) is 13.5 Å². The first-order valence-electron chi connectivity index (χ1n) is 12.3. The van der Waals surface area contributed by atoms with Crippen molar-refractivity contribution in [2.75, 3.05) is 26.7 Å². The van der Waals surface area contributed by atoms with Crippen LogP contribution >= 0.6 is 0 Å². The maximum absolute atomic E-state index is 13.7. The summed E-state index contributed by atoms with van der Waals surface area (Å²) >= 11 is 0. The van der Waals surface area contributed by atoms with Gasteiger partial charge in [0.2, 0.25) is 0 Å². The van der Waals surface area contributed by atoms with E-state index in [4.69, 9.17) is 4.74 Å². The van der Waals surface area contributed by atoms with E-state index >= 15 is 0 Å². The van der Waals surface area contributed by atoms with Gasteiger partial charge in [0.1, 0.15) is 18.1 Å². The molecule has 1 aliphatic heterocycles. The SMILES string of the molecule is CN1CCCCCCN(C(=O)c2ccnn2C)[C@@H](Cc2ccccc2)COc2ccccc2C1=O. The molecule has 0 fully saturated rings. The zero-order valence-electron chi connectivity index (χ0n) is 20.6. The Morgan fingerprint density at radius 2 is 1.66 bits per heavy atom. The number of carbonyl (C=O) groups is 2. The van der Waals surface area contributed by atoms with Crippen molar-refractivity contribution in [1.82, 2.24) is 19.6 Å². The lowest BCUT2D eigenvalue weighted by Gasteiger charge is -2.32. The van der Waals surface area contributed by atoms with Crippen LogP contribution in [0.25, 0.3) is 0 Å². The zero-order chi connectivity index (χ0) is 24.6. The van der Waals surface area contributed by atoms with Crippen LogP contribution in [0.3, 0.4) is 0 Å². The molecule has 4 rings (SSSR count). The second-order valence-corrected chi connectivity index (χ2v) is 9.13. The van der Waals surface area contributed by atoms with Gasteiger partial charge in [-0.05, 0) is 43.0 Å². The van der Waals surface area contributed by atoms with Gasteiger partial charge in [0.15, 0.2) is 0 Å². The lowest BCUT2D eigenvalue weighted by molar-refractivity contribution is 0.0589. The highest BCUT2D eigenvalue weighted by Gasteiger charge is 2.28. The molecule has 2 aromatic carbocycles. The third-order valence-electron chi connectivity index (χ3n) is 6.59. The lowest BCUT2D eigenvalue weighted by Crippen LogP contribution is -2.46. The summed E-state index contributed by atoms with van der Waals surface area (Å²) in [7, 11) is 3.63. The molecule has 3 aromatic rings. The number of rotatable bonds is 3. The average Bonchev–Trinajstić information content (AvgIpc) is 3.31. The van der Waals surface area contributed by atoms with E-state index in [1.165, 1.54) is 0 Å². The van der Waals surface area contributed by atoms with Gasteiger partial charge in [0, 0.05) is 33.4 Å². The smallest absolute Gasteiger partial charge is 0.272 e. The molecular formula is C28H34N4O3. The molecule has 0 bridgehead atoms. The zero-order valence-corrected chi connectivity index (χ0v) is 20.6. The number of fused-ring (bicyclic) bond motifs is 1. The van der Waals surface area contributed by atoms with Crippen LogP contribution in [0.1, 0.15) is 52.1 Å². The van der Waals surface area contributed by atoms with Crippen molar-refractivity contribution >= 4 is 11.8 Å². The fourth-order valence-electron chi connectivity index (χ4n) is 4.57. The Kier molecular flexibility index (Phi) is 8.19. The van der Waals surface area contributed by atoms with Gasteiger partial charge in [-0.1, -0.05) is 55.3 Å². The fraction of sp³-hybridized carbons (Fsp3) is 0.393. The van der Waals surface area contributed by atoms with Crippen molar-refractivity contribution in [1.29, 1.82) is 0 Å². The molecule has 0 spiro atoms. The minimum absolute atomic E-state index is 0.0416. The van der Waals surface area contributed by atoms with Gasteiger partial charge in [-0.15, -0.1) is 0 Å². The molecule has 0 saturated heterocycles. The first-order chi connectivity index (χ1) is 17.0. The van der Waals surface area contributed by atoms with E-state index < -0.39 is 0 Å². The van der Waals surface area contributed by atoms with E-state index in [1.807, 2.05) is 54.4 Å². The average molecular weight is 475 g/mol. The number of hydrogen-bond donors (Lipinski definition) is 0. The van der Waals surface area contributed by atoms with Crippen LogP contribution in [0.15, 0.2) is 66.9 Å². The van der Waals surface area contributed by atoms with Gasteiger partial charge < -0.3 is 14.5 Å². The Balaban J connectivity index is 1.68. The van der Waals surface area contributed by atoms with Crippen LogP contribution in [0.5, 0.6) is 5.75 Å². The highest BCUT2D eigenvalue weighted by Crippen LogP contribution is 2.23. The molecule has 7 nitrogen and oxygen atoms in total. The summed E-state index contributed by atoms with van der Waals surface area (Å²) in [4.78, 5) is 30.5. The van der Waals surface area contributed by atoms with Crippen LogP contribution in [0.4, 0.5) is 0 Å². The van der Waals surface area contributed by atoms with Crippen molar-refractivity contribution in [3.63, 3.8) is 0 Å². The Labute approximate surface area is 207 Å². The second-order valence-electron chi connectivity index (χ2n) is 9.13. The van der Waals surface area contributed by atoms with Crippen molar-refractivity contribution < 1.29 is 14.3 Å². The first-order valence-corrected chi connectivity index (χ1v) is 12.3. The standard InChI is InChI=1S/C28H34N4O3/c1-30-18-10-3-4-11-19-32(28(34)25-16-17-29-31(25)2)23(20-22-12-6-5-7-13-22)21-35-26-15-9-8-14-24(26)27(30)33/h5-9,12-17,23H,3-4,10-11,18-21H2,1-2H3/t23-/m0/s1. The summed E-state index contributed by atoms with van der Waals surface area (Å²) in [5, 5.41) is 4.21. The Morgan fingerprint density at radius 1 is 0.943 bits per heavy atom. The fourth-order valence-corrected chi connectivity index (χ4v) is 4.57. The number of hydrogen-bond acceptors (Lipinski definition) is 4. The summed E-state index contributed by atoms with van der Waals surface area (Å²) in [6, 6.07) is 19.1. The van der Waals surface area contributed by atoms with Crippen molar-refractivity contribution in [2.45, 2.75) is 38.1 Å². The van der Waals surface area contributed by atoms with Gasteiger partial charge >= 0.3 is 0 Å². The third-order valence-corrected chi connectivity index (χ3v) is 6.59. The molecule has 2 amide bonds. The molecule has 2 heterocycles. The molecule has 35 heavy (non-hydrogen) atoms. The number of para-hydroxylation sites is 1. The molecular weight excluding hydrogens is 440 g/mol. The summed E-state index contributed by atoms with van der Waals surface area (Å²) in [5.74, 6) is 0.457. The van der Waals surface area contributed by atoms with Crippen molar-refractivity contribution in [2.24, 2.45) is 7.05 Å². The maximum atomic E-state index is 13.7. The van der Waals surface area contributed by atoms with Crippen molar-refractivity contribution in [3.8, 4) is 5.75 Å². The number of carbonyl (C=O) groups excluding carboxylic acids is 2. The molecule has 0 N–H and O–H groups in total. The van der Waals surface area contributed by atoms with Gasteiger partial charge in [-0.2, -0.15) is 5.10 Å². The quantitative estimate of drug-likeness (QED) is 0.571. The summed E-state index contributed by atoms with van der Waals surface area (Å²) in [6.07, 6.45) is 6.12. The minimum atomic E-state index is -0.205. The van der Waals surface area contributed by atoms with E-state index in [2.05, 4.69) is 17.2 Å². The van der Waals surface area contributed by atoms with E-state index in [0.717, 1.165) is 31.2 Å². The number of benzene rings is 2. The molecule has 0 unspecified atom stereocenters. The molecule has 0 aliphatic carbocycles. The predicted molar refractivity (Wildman–Crippen MR) is 136 cm³/mol. The number of amides is 2. The highest BCUT2D eigenvalue weighted by atomic mass is 16.5. The van der Waals surface area contributed by atoms with Crippen LogP contribution in [0, 0.1) is 0 Å². The monoisotopic (exact) mass is 474 g/mol. The van der Waals surface area contributed by atoms with Gasteiger partial charge in [0.05, 0.1) is 11.6 Å². The normalized spacial score (nSPS) is 17.9. The van der Waals surface area contributed by atoms with E-state index in [-0.39, 0.29) is 24.5 Å². The molecule has 0 saturated carbocycles.